The Balaban J connectivity index is 1.58. The van der Waals surface area contributed by atoms with Gasteiger partial charge in [0.1, 0.15) is 0 Å². The van der Waals surface area contributed by atoms with Gasteiger partial charge in [0.2, 0.25) is 5.91 Å². The van der Waals surface area contributed by atoms with Gasteiger partial charge in [-0.2, -0.15) is 0 Å². The first-order valence-corrected chi connectivity index (χ1v) is 7.47. The third-order valence-corrected chi connectivity index (χ3v) is 4.00. The molecular weight excluding hydrogens is 260 g/mol. The van der Waals surface area contributed by atoms with E-state index in [0.717, 1.165) is 37.2 Å². The third kappa shape index (κ3) is 3.07. The molecule has 0 unspecified atom stereocenters. The van der Waals surface area contributed by atoms with E-state index in [2.05, 4.69) is 12.1 Å². The second kappa shape index (κ2) is 6.00. The number of nitrogens with two attached hydrogens (primary N) is 1. The number of amides is 1. The summed E-state index contributed by atoms with van der Waals surface area (Å²) in [6, 6.07) is 16.1. The Morgan fingerprint density at radius 2 is 1.95 bits per heavy atom. The highest BCUT2D eigenvalue weighted by Crippen LogP contribution is 2.30. The van der Waals surface area contributed by atoms with Crippen molar-refractivity contribution in [2.24, 2.45) is 0 Å². The second-order valence-corrected chi connectivity index (χ2v) is 5.52. The number of hydrogen-bond donors (Lipinski definition) is 1. The summed E-state index contributed by atoms with van der Waals surface area (Å²) in [6.07, 6.45) is 3.35. The van der Waals surface area contributed by atoms with Crippen LogP contribution in [0.1, 0.15) is 24.0 Å². The van der Waals surface area contributed by atoms with Gasteiger partial charge >= 0.3 is 0 Å². The minimum Gasteiger partial charge on any atom is -0.399 e. The van der Waals surface area contributed by atoms with Crippen molar-refractivity contribution in [2.45, 2.75) is 25.7 Å². The molecule has 0 saturated heterocycles. The lowest BCUT2D eigenvalue weighted by atomic mass is 10.1. The van der Waals surface area contributed by atoms with Crippen molar-refractivity contribution >= 4 is 17.3 Å². The summed E-state index contributed by atoms with van der Waals surface area (Å²) in [5, 5.41) is 0. The van der Waals surface area contributed by atoms with E-state index in [1.807, 2.05) is 41.3 Å². The predicted molar refractivity (Wildman–Crippen MR) is 86.3 cm³/mol. The maximum Gasteiger partial charge on any atom is 0.227 e. The summed E-state index contributed by atoms with van der Waals surface area (Å²) in [6.45, 7) is 0.781. The molecule has 0 saturated carbocycles. The molecule has 2 aromatic carbocycles. The average Bonchev–Trinajstić information content (AvgIpc) is 2.91. The molecule has 3 heteroatoms. The number of fused-ring (bicyclic) bond motifs is 1. The Labute approximate surface area is 125 Å². The number of anilines is 2. The third-order valence-electron chi connectivity index (χ3n) is 4.00. The second-order valence-electron chi connectivity index (χ2n) is 5.52. The molecule has 1 aliphatic rings. The first-order valence-electron chi connectivity index (χ1n) is 7.47. The van der Waals surface area contributed by atoms with Crippen LogP contribution in [0.2, 0.25) is 0 Å². The molecule has 0 bridgehead atoms. The fraction of sp³-hybridized carbons (Fsp3) is 0.278. The Morgan fingerprint density at radius 3 is 2.76 bits per heavy atom. The minimum atomic E-state index is 0.217. The smallest absolute Gasteiger partial charge is 0.227 e. The molecule has 1 heterocycles. The molecular formula is C18H20N2O. The number of nitrogens with zero attached hydrogens (tertiary/aromatic N) is 1. The van der Waals surface area contributed by atoms with Crippen LogP contribution in [-0.4, -0.2) is 12.5 Å². The van der Waals surface area contributed by atoms with Gasteiger partial charge in [-0.25, -0.2) is 0 Å². The van der Waals surface area contributed by atoms with Crippen LogP contribution in [-0.2, 0) is 17.6 Å². The van der Waals surface area contributed by atoms with Crippen molar-refractivity contribution in [2.75, 3.05) is 17.2 Å². The summed E-state index contributed by atoms with van der Waals surface area (Å²) in [4.78, 5) is 14.3. The van der Waals surface area contributed by atoms with Gasteiger partial charge in [0.15, 0.2) is 0 Å². The lowest BCUT2D eigenvalue weighted by Gasteiger charge is -2.17. The number of nitrogen functional groups attached to an aromatic ring is 1. The van der Waals surface area contributed by atoms with Gasteiger partial charge in [-0.05, 0) is 48.6 Å². The normalized spacial score (nSPS) is 13.2. The number of carbonyl (C=O) groups is 1. The van der Waals surface area contributed by atoms with Crippen LogP contribution < -0.4 is 10.6 Å². The molecule has 0 aromatic heterocycles. The highest BCUT2D eigenvalue weighted by atomic mass is 16.2. The van der Waals surface area contributed by atoms with Crippen LogP contribution in [0.15, 0.2) is 48.5 Å². The molecule has 0 aliphatic carbocycles. The average molecular weight is 280 g/mol. The maximum atomic E-state index is 12.4. The van der Waals surface area contributed by atoms with E-state index >= 15 is 0 Å². The van der Waals surface area contributed by atoms with Crippen LogP contribution >= 0.6 is 0 Å². The molecule has 21 heavy (non-hydrogen) atoms. The fourth-order valence-electron chi connectivity index (χ4n) is 2.90. The van der Waals surface area contributed by atoms with Crippen molar-refractivity contribution in [3.63, 3.8) is 0 Å². The number of hydrogen-bond acceptors (Lipinski definition) is 2. The van der Waals surface area contributed by atoms with Crippen molar-refractivity contribution < 1.29 is 4.79 Å². The van der Waals surface area contributed by atoms with Crippen molar-refractivity contribution in [3.05, 3.63) is 59.7 Å². The van der Waals surface area contributed by atoms with E-state index in [-0.39, 0.29) is 5.91 Å². The maximum absolute atomic E-state index is 12.4. The highest BCUT2D eigenvalue weighted by Gasteiger charge is 2.23. The molecule has 2 N–H and O–H groups in total. The fourth-order valence-corrected chi connectivity index (χ4v) is 2.90. The zero-order valence-electron chi connectivity index (χ0n) is 12.1. The van der Waals surface area contributed by atoms with Crippen LogP contribution in [0.3, 0.4) is 0 Å². The Hall–Kier alpha value is -2.29. The van der Waals surface area contributed by atoms with Gasteiger partial charge in [-0.1, -0.05) is 30.3 Å². The molecule has 0 spiro atoms. The number of benzene rings is 2. The molecule has 3 nitrogen and oxygen atoms in total. The monoisotopic (exact) mass is 280 g/mol. The summed E-state index contributed by atoms with van der Waals surface area (Å²) >= 11 is 0. The van der Waals surface area contributed by atoms with Gasteiger partial charge in [0, 0.05) is 24.3 Å². The van der Waals surface area contributed by atoms with Gasteiger partial charge < -0.3 is 10.6 Å². The van der Waals surface area contributed by atoms with Gasteiger partial charge in [-0.15, -0.1) is 0 Å². The molecule has 0 fully saturated rings. The van der Waals surface area contributed by atoms with E-state index in [9.17, 15) is 4.79 Å². The number of rotatable bonds is 4. The van der Waals surface area contributed by atoms with Crippen molar-refractivity contribution in [1.29, 1.82) is 0 Å². The Morgan fingerprint density at radius 1 is 1.14 bits per heavy atom. The van der Waals surface area contributed by atoms with Crippen molar-refractivity contribution in [3.8, 4) is 0 Å². The van der Waals surface area contributed by atoms with Crippen LogP contribution in [0.25, 0.3) is 0 Å². The molecule has 1 amide bonds. The van der Waals surface area contributed by atoms with E-state index < -0.39 is 0 Å². The first kappa shape index (κ1) is 13.7. The Kier molecular flexibility index (Phi) is 3.91. The molecule has 0 radical (unpaired) electrons. The molecule has 1 aliphatic heterocycles. The molecule has 0 atom stereocenters. The quantitative estimate of drug-likeness (QED) is 0.874. The highest BCUT2D eigenvalue weighted by molar-refractivity contribution is 5.95. The van der Waals surface area contributed by atoms with Crippen LogP contribution in [0, 0.1) is 0 Å². The van der Waals surface area contributed by atoms with E-state index in [1.54, 1.807) is 0 Å². The lowest BCUT2D eigenvalue weighted by Crippen LogP contribution is -2.28. The SMILES string of the molecule is Nc1ccc2c(c1)CCN2C(=O)CCCc1ccccc1. The first-order chi connectivity index (χ1) is 10.2. The van der Waals surface area contributed by atoms with E-state index in [0.29, 0.717) is 6.42 Å². The van der Waals surface area contributed by atoms with Crippen molar-refractivity contribution in [1.82, 2.24) is 0 Å². The standard InChI is InChI=1S/C18H20N2O/c19-16-9-10-17-15(13-16)11-12-20(17)18(21)8-4-7-14-5-2-1-3-6-14/h1-3,5-6,9-10,13H,4,7-8,11-12,19H2. The molecule has 108 valence electrons. The molecule has 3 rings (SSSR count). The zero-order chi connectivity index (χ0) is 14.7. The summed E-state index contributed by atoms with van der Waals surface area (Å²) in [5.41, 5.74) is 10.1. The zero-order valence-corrected chi connectivity index (χ0v) is 12.1. The van der Waals surface area contributed by atoms with Gasteiger partial charge in [0.25, 0.3) is 0 Å². The minimum absolute atomic E-state index is 0.217. The van der Waals surface area contributed by atoms with E-state index in [1.165, 1.54) is 11.1 Å². The van der Waals surface area contributed by atoms with Gasteiger partial charge in [0.05, 0.1) is 0 Å². The topological polar surface area (TPSA) is 46.3 Å². The Bertz CT molecular complexity index is 637. The number of aryl methyl sites for hydroxylation is 1. The van der Waals surface area contributed by atoms with Crippen LogP contribution in [0.4, 0.5) is 11.4 Å². The summed E-state index contributed by atoms with van der Waals surface area (Å²) in [7, 11) is 0. The number of carbonyl (C=O) groups excluding carboxylic acids is 1. The summed E-state index contributed by atoms with van der Waals surface area (Å²) in [5.74, 6) is 0.217. The lowest BCUT2D eigenvalue weighted by molar-refractivity contribution is -0.118. The summed E-state index contributed by atoms with van der Waals surface area (Å²) < 4.78 is 0. The van der Waals surface area contributed by atoms with Crippen LogP contribution in [0.5, 0.6) is 0 Å². The van der Waals surface area contributed by atoms with Gasteiger partial charge in [-0.3, -0.25) is 4.79 Å². The van der Waals surface area contributed by atoms with E-state index in [4.69, 9.17) is 5.73 Å². The molecule has 2 aromatic rings. The predicted octanol–water partition coefficient (Wildman–Crippen LogP) is 3.18. The largest absolute Gasteiger partial charge is 0.399 e.